The Kier molecular flexibility index (Phi) is 17.9. The van der Waals surface area contributed by atoms with Crippen LogP contribution in [0.2, 0.25) is 25.2 Å². The molecule has 0 aromatic carbocycles. The van der Waals surface area contributed by atoms with Crippen LogP contribution in [0.3, 0.4) is 0 Å². The summed E-state index contributed by atoms with van der Waals surface area (Å²) in [6, 6.07) is 2.95. The van der Waals surface area contributed by atoms with Crippen molar-refractivity contribution < 1.29 is 31.3 Å². The third kappa shape index (κ3) is 13.5. The molecule has 0 aromatic rings. The van der Waals surface area contributed by atoms with Crippen LogP contribution in [0.1, 0.15) is 6.92 Å². The van der Waals surface area contributed by atoms with E-state index in [-0.39, 0.29) is 26.2 Å². The van der Waals surface area contributed by atoms with Gasteiger partial charge in [0.15, 0.2) is 0 Å². The molecule has 122 valence electrons. The van der Waals surface area contributed by atoms with Crippen LogP contribution in [-0.2, 0) is 26.2 Å². The molecule has 3 rings (SSSR count). The zero-order valence-electron chi connectivity index (χ0n) is 14.5. The number of aliphatic hydroxyl groups excluding tert-OH is 1. The Morgan fingerprint density at radius 2 is 1.05 bits per heavy atom. The largest absolute Gasteiger partial charge is 0.400 e. The molecule has 0 bridgehead atoms. The molecule has 2 aliphatic carbocycles. The smallest absolute Gasteiger partial charge is 0.0453 e. The predicted octanol–water partition coefficient (Wildman–Crippen LogP) is 4.44. The maximum atomic E-state index is 7.00. The van der Waals surface area contributed by atoms with E-state index in [2.05, 4.69) is 26.9 Å². The van der Waals surface area contributed by atoms with Crippen molar-refractivity contribution in [3.05, 3.63) is 71.1 Å². The summed E-state index contributed by atoms with van der Waals surface area (Å²) in [6.45, 7) is 11.5. The molecule has 3 aliphatic rings. The Hall–Kier alpha value is 1.06. The quantitative estimate of drug-likeness (QED) is 0.475. The van der Waals surface area contributed by atoms with Crippen LogP contribution < -0.4 is 0 Å². The van der Waals surface area contributed by atoms with Gasteiger partial charge in [0, 0.05) is 41.4 Å². The van der Waals surface area contributed by atoms with Crippen molar-refractivity contribution in [3.8, 4) is 0 Å². The molecule has 0 aromatic heterocycles. The summed E-state index contributed by atoms with van der Waals surface area (Å²) in [5, 5.41) is 7.00. The van der Waals surface area contributed by atoms with Crippen molar-refractivity contribution in [2.75, 3.05) is 7.11 Å². The molecule has 1 nitrogen and oxygen atoms in total. The molecule has 0 amide bonds. The molecule has 2 atom stereocenters. The second-order valence-electron chi connectivity index (χ2n) is 6.23. The monoisotopic (exact) mass is 393 g/mol. The maximum Gasteiger partial charge on any atom is 0.0453 e. The number of aliphatic hydroxyl groups is 1. The second kappa shape index (κ2) is 15.6. The van der Waals surface area contributed by atoms with Crippen molar-refractivity contribution in [2.24, 2.45) is 11.8 Å². The third-order valence-electron chi connectivity index (χ3n) is 3.61. The van der Waals surface area contributed by atoms with Crippen LogP contribution in [0, 0.1) is 83.0 Å². The average molecular weight is 395 g/mol. The molecule has 1 N–H and O–H groups in total. The summed E-state index contributed by atoms with van der Waals surface area (Å²) in [4.78, 5) is 0. The number of rotatable bonds is 0. The van der Waals surface area contributed by atoms with Crippen LogP contribution in [0.4, 0.5) is 0 Å². The van der Waals surface area contributed by atoms with Gasteiger partial charge in [-0.15, -0.1) is 0 Å². The van der Waals surface area contributed by atoms with Crippen LogP contribution in [0.25, 0.3) is 0 Å². The minimum Gasteiger partial charge on any atom is -0.400 e. The van der Waals surface area contributed by atoms with Gasteiger partial charge in [0.2, 0.25) is 0 Å². The first-order chi connectivity index (χ1) is 10.0. The molecule has 2 saturated carbocycles. The summed E-state index contributed by atoms with van der Waals surface area (Å²) in [6.07, 6.45) is 20.0. The maximum absolute atomic E-state index is 7.00. The van der Waals surface area contributed by atoms with Crippen LogP contribution in [-0.4, -0.2) is 20.3 Å². The minimum atomic E-state index is -0.729. The van der Waals surface area contributed by atoms with Crippen molar-refractivity contribution >= 4 is 8.07 Å². The van der Waals surface area contributed by atoms with Gasteiger partial charge in [-0.2, -0.15) is 5.92 Å². The molecule has 3 fully saturated rings. The van der Waals surface area contributed by atoms with E-state index >= 15 is 0 Å². The summed E-state index contributed by atoms with van der Waals surface area (Å²) >= 11 is 0. The fraction of sp³-hybridized carbons (Fsp3) is 0.421. The first-order valence-corrected chi connectivity index (χ1v) is 11.0. The normalized spacial score (nSPS) is 28.1. The summed E-state index contributed by atoms with van der Waals surface area (Å²) in [5.74, 6) is 1.68. The molecule has 1 heterocycles. The van der Waals surface area contributed by atoms with Crippen molar-refractivity contribution in [2.45, 2.75) is 32.1 Å². The molecule has 3 heteroatoms. The molecule has 0 unspecified atom stereocenters. The molecule has 1 saturated heterocycles. The van der Waals surface area contributed by atoms with E-state index in [4.69, 9.17) is 5.11 Å². The van der Waals surface area contributed by atoms with Crippen molar-refractivity contribution in [3.63, 3.8) is 0 Å². The molecular weight excluding hydrogens is 364 g/mol. The Labute approximate surface area is 161 Å². The van der Waals surface area contributed by atoms with E-state index < -0.39 is 8.07 Å². The Bertz CT molecular complexity index is 188. The third-order valence-corrected chi connectivity index (χ3v) is 6.98. The van der Waals surface area contributed by atoms with E-state index in [1.807, 2.05) is 64.2 Å². The standard InChI is InChI=1S/C8H17Si.2C5H5.CH4O.Zr/c1-7-5-9(3,4)6-8(7)2;2*1-2-4-5-3-1;1-2;/h7-8H,1,5-6H2,2-4H3;2*1-5H;2H,1H3;/q-1;;;;/t7-,8-;;;;/m0..../s1. The number of hydrogen-bond donors (Lipinski definition) is 1. The van der Waals surface area contributed by atoms with Crippen LogP contribution in [0.15, 0.2) is 0 Å². The molecule has 22 heavy (non-hydrogen) atoms. The van der Waals surface area contributed by atoms with E-state index in [0.29, 0.717) is 0 Å². The van der Waals surface area contributed by atoms with Gasteiger partial charge in [-0.1, -0.05) is 38.0 Å². The fourth-order valence-corrected chi connectivity index (χ4v) is 6.74. The molecule has 0 spiro atoms. The van der Waals surface area contributed by atoms with E-state index in [1.54, 1.807) is 0 Å². The Morgan fingerprint density at radius 1 is 0.773 bits per heavy atom. The Balaban J connectivity index is 0. The van der Waals surface area contributed by atoms with Gasteiger partial charge in [0.25, 0.3) is 0 Å². The minimum absolute atomic E-state index is 0. The SMILES string of the molecule is CO.[CH2-][C@H]1C[Si](C)(C)C[C@@H]1C.[CH]1[CH][CH][CH][CH]1.[CH]1[CH][CH][CH][CH]1.[Zr]. The molecule has 10 radical (unpaired) electrons. The van der Waals surface area contributed by atoms with Crippen molar-refractivity contribution in [1.82, 2.24) is 0 Å². The van der Waals surface area contributed by atoms with Gasteiger partial charge in [-0.3, -0.25) is 0 Å². The van der Waals surface area contributed by atoms with Crippen LogP contribution >= 0.6 is 0 Å². The molecular formula is C19H31OSiZr-. The van der Waals surface area contributed by atoms with Gasteiger partial charge >= 0.3 is 0 Å². The van der Waals surface area contributed by atoms with Gasteiger partial charge in [-0.05, 0) is 64.2 Å². The van der Waals surface area contributed by atoms with Gasteiger partial charge in [0.1, 0.15) is 0 Å². The van der Waals surface area contributed by atoms with Crippen LogP contribution in [0.5, 0.6) is 0 Å². The van der Waals surface area contributed by atoms with Gasteiger partial charge < -0.3 is 12.0 Å². The van der Waals surface area contributed by atoms with E-state index in [0.717, 1.165) is 18.9 Å². The Morgan fingerprint density at radius 3 is 1.14 bits per heavy atom. The average Bonchev–Trinajstić information content (AvgIpc) is 3.19. The summed E-state index contributed by atoms with van der Waals surface area (Å²) in [5.41, 5.74) is 0. The first kappa shape index (κ1) is 25.3. The fourth-order valence-electron chi connectivity index (χ4n) is 2.67. The van der Waals surface area contributed by atoms with Gasteiger partial charge in [0.05, 0.1) is 0 Å². The zero-order valence-corrected chi connectivity index (χ0v) is 18.0. The number of hydrogen-bond acceptors (Lipinski definition) is 1. The summed E-state index contributed by atoms with van der Waals surface area (Å²) < 4.78 is 0. The second-order valence-corrected chi connectivity index (χ2v) is 11.4. The van der Waals surface area contributed by atoms with Crippen molar-refractivity contribution in [1.29, 1.82) is 0 Å². The first-order valence-electron chi connectivity index (χ1n) is 7.62. The van der Waals surface area contributed by atoms with Gasteiger partial charge in [-0.25, -0.2) is 0 Å². The predicted molar refractivity (Wildman–Crippen MR) is 96.2 cm³/mol. The molecule has 1 aliphatic heterocycles. The van der Waals surface area contributed by atoms with E-state index in [1.165, 1.54) is 12.1 Å². The zero-order chi connectivity index (χ0) is 16.1. The topological polar surface area (TPSA) is 20.2 Å². The summed E-state index contributed by atoms with van der Waals surface area (Å²) in [7, 11) is 0.271. The van der Waals surface area contributed by atoms with E-state index in [9.17, 15) is 0 Å².